The van der Waals surface area contributed by atoms with Gasteiger partial charge in [0.1, 0.15) is 0 Å². The molecule has 24 heavy (non-hydrogen) atoms. The summed E-state index contributed by atoms with van der Waals surface area (Å²) in [5, 5.41) is 4.58. The Labute approximate surface area is 138 Å². The van der Waals surface area contributed by atoms with Crippen molar-refractivity contribution in [2.45, 2.75) is 51.2 Å². The molecule has 0 aliphatic heterocycles. The lowest BCUT2D eigenvalue weighted by Crippen LogP contribution is -2.30. The van der Waals surface area contributed by atoms with E-state index >= 15 is 0 Å². The molecule has 0 bridgehead atoms. The number of alkyl halides is 3. The number of carbonyl (C=O) groups is 2. The van der Waals surface area contributed by atoms with Gasteiger partial charge in [0.05, 0.1) is 0 Å². The smallest absolute Gasteiger partial charge is 0.352 e. The molecule has 1 aromatic carbocycles. The standard InChI is InChI=1S/C17H21F3N2O2/c18-17(19,20)16(24)22-14-8-4-7-13(9-14)11-21-15(23)10-12-5-2-1-3-6-12/h4,7-9,12H,1-3,5-6,10-11H2,(H,21,23)(H,22,24). The average molecular weight is 342 g/mol. The number of carbonyl (C=O) groups excluding carboxylic acids is 2. The minimum Gasteiger partial charge on any atom is -0.352 e. The minimum atomic E-state index is -4.93. The quantitative estimate of drug-likeness (QED) is 0.856. The molecule has 1 saturated carbocycles. The highest BCUT2D eigenvalue weighted by Gasteiger charge is 2.38. The second-order valence-electron chi connectivity index (χ2n) is 6.14. The highest BCUT2D eigenvalue weighted by atomic mass is 19.4. The normalized spacial score (nSPS) is 15.8. The van der Waals surface area contributed by atoms with Crippen LogP contribution in [0.5, 0.6) is 0 Å². The van der Waals surface area contributed by atoms with Gasteiger partial charge in [0.25, 0.3) is 0 Å². The van der Waals surface area contributed by atoms with Gasteiger partial charge < -0.3 is 10.6 Å². The lowest BCUT2D eigenvalue weighted by atomic mass is 9.87. The molecule has 0 atom stereocenters. The number of amides is 2. The fourth-order valence-corrected chi connectivity index (χ4v) is 2.89. The third kappa shape index (κ3) is 5.86. The lowest BCUT2D eigenvalue weighted by Gasteiger charge is -2.20. The second kappa shape index (κ2) is 8.17. The Morgan fingerprint density at radius 3 is 2.50 bits per heavy atom. The van der Waals surface area contributed by atoms with Crippen molar-refractivity contribution in [3.8, 4) is 0 Å². The van der Waals surface area contributed by atoms with Crippen LogP contribution < -0.4 is 10.6 Å². The number of halogens is 3. The Bertz CT molecular complexity index is 581. The maximum atomic E-state index is 12.2. The van der Waals surface area contributed by atoms with E-state index in [1.54, 1.807) is 11.4 Å². The topological polar surface area (TPSA) is 58.2 Å². The minimum absolute atomic E-state index is 0.0494. The lowest BCUT2D eigenvalue weighted by molar-refractivity contribution is -0.167. The largest absolute Gasteiger partial charge is 0.471 e. The summed E-state index contributed by atoms with van der Waals surface area (Å²) in [6.07, 6.45) is 1.28. The van der Waals surface area contributed by atoms with Crippen LogP contribution in [0.15, 0.2) is 24.3 Å². The molecule has 2 amide bonds. The summed E-state index contributed by atoms with van der Waals surface area (Å²) in [7, 11) is 0. The molecule has 1 aliphatic rings. The maximum absolute atomic E-state index is 12.2. The molecular formula is C17H21F3N2O2. The molecule has 0 saturated heterocycles. The summed E-state index contributed by atoms with van der Waals surface area (Å²) in [6.45, 7) is 0.223. The Morgan fingerprint density at radius 1 is 1.12 bits per heavy atom. The zero-order valence-electron chi connectivity index (χ0n) is 13.3. The molecule has 0 aromatic heterocycles. The van der Waals surface area contributed by atoms with Crippen LogP contribution >= 0.6 is 0 Å². The first kappa shape index (κ1) is 18.3. The van der Waals surface area contributed by atoms with E-state index in [1.807, 2.05) is 0 Å². The second-order valence-corrected chi connectivity index (χ2v) is 6.14. The maximum Gasteiger partial charge on any atom is 0.471 e. The number of rotatable bonds is 5. The number of hydrogen-bond acceptors (Lipinski definition) is 2. The molecule has 0 radical (unpaired) electrons. The van der Waals surface area contributed by atoms with E-state index < -0.39 is 12.1 Å². The van der Waals surface area contributed by atoms with Crippen LogP contribution in [-0.2, 0) is 16.1 Å². The van der Waals surface area contributed by atoms with Crippen molar-refractivity contribution in [3.05, 3.63) is 29.8 Å². The first-order chi connectivity index (χ1) is 11.3. The van der Waals surface area contributed by atoms with Gasteiger partial charge in [0, 0.05) is 18.7 Å². The molecule has 0 spiro atoms. The fraction of sp³-hybridized carbons (Fsp3) is 0.529. The predicted octanol–water partition coefficient (Wildman–Crippen LogP) is 3.77. The molecule has 2 N–H and O–H groups in total. The van der Waals surface area contributed by atoms with Crippen LogP contribution in [0.3, 0.4) is 0 Å². The highest BCUT2D eigenvalue weighted by Crippen LogP contribution is 2.26. The van der Waals surface area contributed by atoms with E-state index in [2.05, 4.69) is 5.32 Å². The summed E-state index contributed by atoms with van der Waals surface area (Å²) in [4.78, 5) is 22.9. The van der Waals surface area contributed by atoms with Gasteiger partial charge >= 0.3 is 12.1 Å². The number of nitrogens with one attached hydrogen (secondary N) is 2. The molecule has 7 heteroatoms. The van der Waals surface area contributed by atoms with E-state index in [0.717, 1.165) is 12.8 Å². The molecule has 2 rings (SSSR count). The van der Waals surface area contributed by atoms with Crippen molar-refractivity contribution in [3.63, 3.8) is 0 Å². The van der Waals surface area contributed by atoms with E-state index in [4.69, 9.17) is 0 Å². The van der Waals surface area contributed by atoms with Crippen molar-refractivity contribution in [2.75, 3.05) is 5.32 Å². The van der Waals surface area contributed by atoms with Crippen molar-refractivity contribution >= 4 is 17.5 Å². The van der Waals surface area contributed by atoms with Gasteiger partial charge in [-0.3, -0.25) is 9.59 Å². The molecule has 0 heterocycles. The summed E-state index contributed by atoms with van der Waals surface area (Å²) in [6, 6.07) is 6.01. The third-order valence-electron chi connectivity index (χ3n) is 4.13. The van der Waals surface area contributed by atoms with Crippen molar-refractivity contribution in [1.29, 1.82) is 0 Å². The summed E-state index contributed by atoms with van der Waals surface area (Å²) in [5.74, 6) is -1.64. The highest BCUT2D eigenvalue weighted by molar-refractivity contribution is 5.94. The number of anilines is 1. The van der Waals surface area contributed by atoms with Gasteiger partial charge in [-0.1, -0.05) is 31.4 Å². The van der Waals surface area contributed by atoms with Crippen LogP contribution in [0.4, 0.5) is 18.9 Å². The Hall–Kier alpha value is -2.05. The molecule has 1 aromatic rings. The van der Waals surface area contributed by atoms with Gasteiger partial charge in [-0.05, 0) is 36.5 Å². The van der Waals surface area contributed by atoms with Crippen molar-refractivity contribution in [1.82, 2.24) is 5.32 Å². The first-order valence-corrected chi connectivity index (χ1v) is 8.08. The van der Waals surface area contributed by atoms with Crippen LogP contribution in [0, 0.1) is 5.92 Å². The van der Waals surface area contributed by atoms with E-state index in [9.17, 15) is 22.8 Å². The molecule has 132 valence electrons. The van der Waals surface area contributed by atoms with Gasteiger partial charge in [0.15, 0.2) is 0 Å². The zero-order chi connectivity index (χ0) is 17.6. The molecule has 1 aliphatic carbocycles. The van der Waals surface area contributed by atoms with Gasteiger partial charge in [-0.2, -0.15) is 13.2 Å². The van der Waals surface area contributed by atoms with Crippen molar-refractivity contribution in [2.24, 2.45) is 5.92 Å². The SMILES string of the molecule is O=C(CC1CCCCC1)NCc1cccc(NC(=O)C(F)(F)F)c1. The first-order valence-electron chi connectivity index (χ1n) is 8.08. The zero-order valence-corrected chi connectivity index (χ0v) is 13.3. The molecule has 0 unspecified atom stereocenters. The summed E-state index contributed by atoms with van der Waals surface area (Å²) in [5.41, 5.74) is 0.684. The number of benzene rings is 1. The van der Waals surface area contributed by atoms with Gasteiger partial charge in [-0.15, -0.1) is 0 Å². The molecule has 4 nitrogen and oxygen atoms in total. The Balaban J connectivity index is 1.83. The number of hydrogen-bond donors (Lipinski definition) is 2. The Morgan fingerprint density at radius 2 is 1.83 bits per heavy atom. The van der Waals surface area contributed by atoms with Gasteiger partial charge in [0.2, 0.25) is 5.91 Å². The summed E-state index contributed by atoms with van der Waals surface area (Å²) >= 11 is 0. The van der Waals surface area contributed by atoms with E-state index in [0.29, 0.717) is 17.9 Å². The molecular weight excluding hydrogens is 321 g/mol. The van der Waals surface area contributed by atoms with Gasteiger partial charge in [-0.25, -0.2) is 0 Å². The van der Waals surface area contributed by atoms with Crippen LogP contribution in [0.2, 0.25) is 0 Å². The molecule has 1 fully saturated rings. The average Bonchev–Trinajstić information content (AvgIpc) is 2.53. The van der Waals surface area contributed by atoms with E-state index in [-0.39, 0.29) is 18.1 Å². The third-order valence-corrected chi connectivity index (χ3v) is 4.13. The van der Waals surface area contributed by atoms with E-state index in [1.165, 1.54) is 37.5 Å². The van der Waals surface area contributed by atoms with Crippen LogP contribution in [-0.4, -0.2) is 18.0 Å². The van der Waals surface area contributed by atoms with Crippen LogP contribution in [0.1, 0.15) is 44.1 Å². The Kier molecular flexibility index (Phi) is 6.23. The monoisotopic (exact) mass is 342 g/mol. The summed E-state index contributed by atoms with van der Waals surface area (Å²) < 4.78 is 36.7. The van der Waals surface area contributed by atoms with Crippen molar-refractivity contribution < 1.29 is 22.8 Å². The predicted molar refractivity (Wildman–Crippen MR) is 84.2 cm³/mol. The van der Waals surface area contributed by atoms with Crippen LogP contribution in [0.25, 0.3) is 0 Å². The fourth-order valence-electron chi connectivity index (χ4n) is 2.89.